The second-order valence-electron chi connectivity index (χ2n) is 5.52. The molecular formula is C15H23N3O2. The molecule has 2 rings (SSSR count). The van der Waals surface area contributed by atoms with E-state index >= 15 is 0 Å². The SMILES string of the molecule is COC(=O)c1cc(N)cnc1NC1CCCCCC1C. The highest BCUT2D eigenvalue weighted by atomic mass is 16.5. The Bertz CT molecular complexity index is 476. The Balaban J connectivity index is 2.21. The van der Waals surface area contributed by atoms with Gasteiger partial charge in [0.25, 0.3) is 0 Å². The first-order chi connectivity index (χ1) is 9.61. The lowest BCUT2D eigenvalue weighted by molar-refractivity contribution is 0.0601. The van der Waals surface area contributed by atoms with Crippen LogP contribution < -0.4 is 11.1 Å². The third-order valence-corrected chi connectivity index (χ3v) is 4.00. The maximum atomic E-state index is 11.8. The number of ether oxygens (including phenoxy) is 1. The lowest BCUT2D eigenvalue weighted by Crippen LogP contribution is -2.28. The lowest BCUT2D eigenvalue weighted by atomic mass is 9.97. The fraction of sp³-hybridized carbons (Fsp3) is 0.600. The van der Waals surface area contributed by atoms with Crippen molar-refractivity contribution >= 4 is 17.5 Å². The number of esters is 1. The maximum Gasteiger partial charge on any atom is 0.341 e. The highest BCUT2D eigenvalue weighted by Gasteiger charge is 2.22. The summed E-state index contributed by atoms with van der Waals surface area (Å²) in [4.78, 5) is 16.1. The number of hydrogen-bond donors (Lipinski definition) is 2. The van der Waals surface area contributed by atoms with E-state index in [9.17, 15) is 4.79 Å². The topological polar surface area (TPSA) is 77.2 Å². The fourth-order valence-electron chi connectivity index (χ4n) is 2.74. The van der Waals surface area contributed by atoms with Gasteiger partial charge in [0, 0.05) is 6.04 Å². The number of methoxy groups -OCH3 is 1. The van der Waals surface area contributed by atoms with Crippen molar-refractivity contribution in [3.05, 3.63) is 17.8 Å². The lowest BCUT2D eigenvalue weighted by Gasteiger charge is -2.24. The van der Waals surface area contributed by atoms with E-state index in [1.165, 1.54) is 32.8 Å². The van der Waals surface area contributed by atoms with Crippen LogP contribution in [-0.4, -0.2) is 24.1 Å². The minimum atomic E-state index is -0.409. The highest BCUT2D eigenvalue weighted by molar-refractivity contribution is 5.95. The van der Waals surface area contributed by atoms with E-state index in [1.807, 2.05) is 0 Å². The largest absolute Gasteiger partial charge is 0.465 e. The number of anilines is 2. The molecule has 2 atom stereocenters. The molecule has 1 aliphatic rings. The van der Waals surface area contributed by atoms with Crippen molar-refractivity contribution in [2.45, 2.75) is 45.1 Å². The molecule has 1 aromatic rings. The Morgan fingerprint density at radius 1 is 1.40 bits per heavy atom. The van der Waals surface area contributed by atoms with Gasteiger partial charge in [-0.3, -0.25) is 0 Å². The first kappa shape index (κ1) is 14.6. The molecule has 20 heavy (non-hydrogen) atoms. The molecule has 0 amide bonds. The minimum Gasteiger partial charge on any atom is -0.465 e. The van der Waals surface area contributed by atoms with Gasteiger partial charge in [-0.15, -0.1) is 0 Å². The summed E-state index contributed by atoms with van der Waals surface area (Å²) in [7, 11) is 1.36. The molecule has 3 N–H and O–H groups in total. The Morgan fingerprint density at radius 2 is 2.15 bits per heavy atom. The Kier molecular flexibility index (Phi) is 4.82. The van der Waals surface area contributed by atoms with E-state index in [-0.39, 0.29) is 0 Å². The van der Waals surface area contributed by atoms with Crippen molar-refractivity contribution in [2.24, 2.45) is 5.92 Å². The van der Waals surface area contributed by atoms with Crippen molar-refractivity contribution < 1.29 is 9.53 Å². The smallest absolute Gasteiger partial charge is 0.341 e. The molecule has 0 radical (unpaired) electrons. The first-order valence-electron chi connectivity index (χ1n) is 7.22. The average Bonchev–Trinajstić information content (AvgIpc) is 2.65. The molecular weight excluding hydrogens is 254 g/mol. The molecule has 1 heterocycles. The number of nitrogens with one attached hydrogen (secondary N) is 1. The fourth-order valence-corrected chi connectivity index (χ4v) is 2.74. The van der Waals surface area contributed by atoms with E-state index in [1.54, 1.807) is 12.3 Å². The van der Waals surface area contributed by atoms with E-state index in [0.717, 1.165) is 6.42 Å². The number of nitrogens with zero attached hydrogens (tertiary/aromatic N) is 1. The molecule has 1 saturated carbocycles. The van der Waals surface area contributed by atoms with Gasteiger partial charge in [0.05, 0.1) is 19.0 Å². The predicted octanol–water partition coefficient (Wildman–Crippen LogP) is 2.83. The second kappa shape index (κ2) is 6.59. The van der Waals surface area contributed by atoms with Crippen LogP contribution >= 0.6 is 0 Å². The summed E-state index contributed by atoms with van der Waals surface area (Å²) in [6.07, 6.45) is 7.65. The van der Waals surface area contributed by atoms with Gasteiger partial charge in [-0.2, -0.15) is 0 Å². The van der Waals surface area contributed by atoms with Gasteiger partial charge < -0.3 is 15.8 Å². The predicted molar refractivity (Wildman–Crippen MR) is 79.6 cm³/mol. The molecule has 2 unspecified atom stereocenters. The highest BCUT2D eigenvalue weighted by Crippen LogP contribution is 2.27. The monoisotopic (exact) mass is 277 g/mol. The van der Waals surface area contributed by atoms with Crippen LogP contribution in [0, 0.1) is 5.92 Å². The second-order valence-corrected chi connectivity index (χ2v) is 5.52. The number of nitrogens with two attached hydrogens (primary N) is 1. The number of carbonyl (C=O) groups excluding carboxylic acids is 1. The Morgan fingerprint density at radius 3 is 2.90 bits per heavy atom. The van der Waals surface area contributed by atoms with Gasteiger partial charge in [0.2, 0.25) is 0 Å². The number of aromatic nitrogens is 1. The standard InChI is InChI=1S/C15H23N3O2/c1-10-6-4-3-5-7-13(10)18-14-12(15(19)20-2)8-11(16)9-17-14/h8-10,13H,3-7,16H2,1-2H3,(H,17,18). The van der Waals surface area contributed by atoms with Gasteiger partial charge in [0.15, 0.2) is 0 Å². The van der Waals surface area contributed by atoms with Crippen LogP contribution in [0.5, 0.6) is 0 Å². The van der Waals surface area contributed by atoms with Gasteiger partial charge in [-0.1, -0.05) is 26.2 Å². The summed E-state index contributed by atoms with van der Waals surface area (Å²) in [6.45, 7) is 2.25. The molecule has 5 nitrogen and oxygen atoms in total. The summed E-state index contributed by atoms with van der Waals surface area (Å²) in [5.41, 5.74) is 6.58. The van der Waals surface area contributed by atoms with E-state index < -0.39 is 5.97 Å². The van der Waals surface area contributed by atoms with Crippen molar-refractivity contribution in [2.75, 3.05) is 18.2 Å². The normalized spacial score (nSPS) is 22.9. The van der Waals surface area contributed by atoms with Gasteiger partial charge >= 0.3 is 5.97 Å². The van der Waals surface area contributed by atoms with E-state index in [4.69, 9.17) is 10.5 Å². The third kappa shape index (κ3) is 3.40. The molecule has 0 saturated heterocycles. The van der Waals surface area contributed by atoms with Gasteiger partial charge in [0.1, 0.15) is 11.4 Å². The summed E-state index contributed by atoms with van der Waals surface area (Å²) in [6, 6.07) is 1.96. The van der Waals surface area contributed by atoms with Gasteiger partial charge in [-0.05, 0) is 24.8 Å². The number of nitrogen functional groups attached to an aromatic ring is 1. The van der Waals surface area contributed by atoms with Crippen LogP contribution in [0.2, 0.25) is 0 Å². The molecule has 0 aliphatic heterocycles. The Hall–Kier alpha value is -1.78. The number of carbonyl (C=O) groups is 1. The van der Waals surface area contributed by atoms with Crippen LogP contribution in [0.1, 0.15) is 49.4 Å². The molecule has 0 bridgehead atoms. The molecule has 5 heteroatoms. The number of hydrogen-bond acceptors (Lipinski definition) is 5. The van der Waals surface area contributed by atoms with Crippen molar-refractivity contribution in [1.29, 1.82) is 0 Å². The van der Waals surface area contributed by atoms with Crippen LogP contribution in [-0.2, 0) is 4.74 Å². The molecule has 0 aromatic carbocycles. The summed E-state index contributed by atoms with van der Waals surface area (Å²) in [5.74, 6) is 0.737. The maximum absolute atomic E-state index is 11.8. The number of rotatable bonds is 3. The van der Waals surface area contributed by atoms with E-state index in [0.29, 0.717) is 29.0 Å². The summed E-state index contributed by atoms with van der Waals surface area (Å²) >= 11 is 0. The molecule has 1 aliphatic carbocycles. The van der Waals surface area contributed by atoms with Crippen molar-refractivity contribution in [3.8, 4) is 0 Å². The molecule has 1 aromatic heterocycles. The van der Waals surface area contributed by atoms with Crippen LogP contribution in [0.3, 0.4) is 0 Å². The van der Waals surface area contributed by atoms with Crippen molar-refractivity contribution in [3.63, 3.8) is 0 Å². The third-order valence-electron chi connectivity index (χ3n) is 4.00. The van der Waals surface area contributed by atoms with E-state index in [2.05, 4.69) is 17.2 Å². The van der Waals surface area contributed by atoms with Crippen LogP contribution in [0.25, 0.3) is 0 Å². The first-order valence-corrected chi connectivity index (χ1v) is 7.22. The molecule has 0 spiro atoms. The zero-order valence-electron chi connectivity index (χ0n) is 12.2. The molecule has 110 valence electrons. The number of pyridine rings is 1. The zero-order valence-corrected chi connectivity index (χ0v) is 12.2. The van der Waals surface area contributed by atoms with Gasteiger partial charge in [-0.25, -0.2) is 9.78 Å². The summed E-state index contributed by atoms with van der Waals surface area (Å²) in [5, 5.41) is 3.41. The summed E-state index contributed by atoms with van der Waals surface area (Å²) < 4.78 is 4.80. The van der Waals surface area contributed by atoms with Crippen LogP contribution in [0.4, 0.5) is 11.5 Å². The Labute approximate surface area is 119 Å². The van der Waals surface area contributed by atoms with Crippen LogP contribution in [0.15, 0.2) is 12.3 Å². The average molecular weight is 277 g/mol. The van der Waals surface area contributed by atoms with Crippen molar-refractivity contribution in [1.82, 2.24) is 4.98 Å². The molecule has 1 fully saturated rings. The quantitative estimate of drug-likeness (QED) is 0.656. The zero-order chi connectivity index (χ0) is 14.5. The minimum absolute atomic E-state index is 0.344.